The molecule has 13 heterocycles. The van der Waals surface area contributed by atoms with Gasteiger partial charge in [-0.1, -0.05) is 328 Å². The molecule has 16 nitrogen and oxygen atoms in total. The monoisotopic (exact) mass is 1990 g/mol. The number of pyridine rings is 4. The second kappa shape index (κ2) is 39.3. The summed E-state index contributed by atoms with van der Waals surface area (Å²) in [6.07, 6.45) is 9.19. The third-order valence-corrected chi connectivity index (χ3v) is 29.7. The molecule has 0 aliphatic heterocycles. The van der Waals surface area contributed by atoms with Crippen molar-refractivity contribution in [1.29, 1.82) is 0 Å². The second-order valence-electron chi connectivity index (χ2n) is 34.7. The Bertz CT molecular complexity index is 9440. The smallest absolute Gasteiger partial charge is 0.223 e. The van der Waals surface area contributed by atoms with Crippen LogP contribution >= 0.6 is 68.8 Å². The first-order valence-electron chi connectivity index (χ1n) is 47.1. The van der Waals surface area contributed by atoms with E-state index < -0.39 is 0 Å². The molecule has 0 radical (unpaired) electrons. The van der Waals surface area contributed by atoms with Crippen molar-refractivity contribution in [1.82, 2.24) is 79.7 Å². The van der Waals surface area contributed by atoms with Gasteiger partial charge in [0.15, 0.2) is 17.5 Å². The Morgan fingerprint density at radius 1 is 0.178 bits per heavy atom. The van der Waals surface area contributed by atoms with Gasteiger partial charge in [0.2, 0.25) is 15.9 Å². The number of benzene rings is 14. The van der Waals surface area contributed by atoms with Gasteiger partial charge in [-0.3, -0.25) is 19.9 Å². The summed E-state index contributed by atoms with van der Waals surface area (Å²) in [4.78, 5) is 77.0. The van der Waals surface area contributed by atoms with Gasteiger partial charge in [0.1, 0.15) is 0 Å². The Hall–Kier alpha value is -17.8. The van der Waals surface area contributed by atoms with E-state index in [9.17, 15) is 0 Å². The van der Waals surface area contributed by atoms with E-state index in [1.165, 1.54) is 0 Å². The molecule has 0 amide bonds. The van der Waals surface area contributed by atoms with Crippen molar-refractivity contribution in [2.24, 2.45) is 0 Å². The minimum atomic E-state index is 0.220. The number of rotatable bonds is 16. The van der Waals surface area contributed by atoms with E-state index in [4.69, 9.17) is 79.7 Å². The van der Waals surface area contributed by atoms with Gasteiger partial charge in [0.05, 0.1) is 98.8 Å². The average Bonchev–Trinajstić information content (AvgIpc) is 1.46. The summed E-state index contributed by atoms with van der Waals surface area (Å²) in [5.74, 6) is 1.82. The quantitative estimate of drug-likeness (QED) is 0.0651. The van der Waals surface area contributed by atoms with Crippen LogP contribution < -0.4 is 0 Å². The van der Waals surface area contributed by atoms with Gasteiger partial charge in [0, 0.05) is 133 Å². The van der Waals surface area contributed by atoms with Gasteiger partial charge in [-0.05, 0) is 164 Å². The summed E-state index contributed by atoms with van der Waals surface area (Å²) in [6, 6.07) is 140. The third kappa shape index (κ3) is 18.0. The van der Waals surface area contributed by atoms with Crippen LogP contribution in [0.25, 0.3) is 263 Å². The molecule has 14 aromatic carbocycles. The number of nitrogens with zero attached hydrogens (tertiary/aromatic N) is 16. The molecule has 0 aliphatic rings. The second-order valence-corrected chi connectivity index (χ2v) is 38.9. The number of halogens is 3. The molecule has 688 valence electrons. The zero-order chi connectivity index (χ0) is 97.5. The van der Waals surface area contributed by atoms with Crippen molar-refractivity contribution in [3.8, 4) is 180 Å². The van der Waals surface area contributed by atoms with Crippen LogP contribution in [0.1, 0.15) is 0 Å². The Labute approximate surface area is 863 Å². The zero-order valence-corrected chi connectivity index (χ0v) is 81.9. The van der Waals surface area contributed by atoms with Gasteiger partial charge < -0.3 is 0 Å². The Kier molecular flexibility index (Phi) is 24.1. The van der Waals surface area contributed by atoms with E-state index in [0.29, 0.717) is 28.9 Å². The van der Waals surface area contributed by atoms with E-state index in [1.807, 2.05) is 201 Å². The summed E-state index contributed by atoms with van der Waals surface area (Å²) in [5, 5.41) is 7.28. The van der Waals surface area contributed by atoms with Crippen LogP contribution in [-0.2, 0) is 0 Å². The molecule has 27 aromatic rings. The van der Waals surface area contributed by atoms with Gasteiger partial charge in [-0.2, -0.15) is 0 Å². The number of hydrogen-bond acceptors (Lipinski definition) is 19. The van der Waals surface area contributed by atoms with Crippen LogP contribution in [0.15, 0.2) is 443 Å². The van der Waals surface area contributed by atoms with Crippen molar-refractivity contribution < 1.29 is 0 Å². The van der Waals surface area contributed by atoms with Crippen molar-refractivity contribution in [2.45, 2.75) is 0 Å². The summed E-state index contributed by atoms with van der Waals surface area (Å²) in [6.45, 7) is 0. The molecule has 13 aromatic heterocycles. The first kappa shape index (κ1) is 89.6. The number of hydrogen-bond donors (Lipinski definition) is 0. The van der Waals surface area contributed by atoms with Crippen LogP contribution in [0, 0.1) is 0 Å². The van der Waals surface area contributed by atoms with E-state index in [0.717, 1.165) is 234 Å². The van der Waals surface area contributed by atoms with Crippen LogP contribution in [-0.4, -0.2) is 79.7 Å². The van der Waals surface area contributed by atoms with Crippen molar-refractivity contribution in [2.75, 3.05) is 0 Å². The zero-order valence-electron chi connectivity index (χ0n) is 77.2. The maximum absolute atomic E-state index is 6.47. The maximum Gasteiger partial charge on any atom is 0.223 e. The van der Waals surface area contributed by atoms with Crippen LogP contribution in [0.3, 0.4) is 0 Å². The van der Waals surface area contributed by atoms with Gasteiger partial charge >= 0.3 is 0 Å². The molecular weight excluding hydrogens is 1920 g/mol. The third-order valence-electron chi connectivity index (χ3n) is 25.6. The SMILES string of the molecule is Clc1nc(-c2ccc(-c3nc(-c4ccc(-c5ccccc5)cn4)cc(-c4ccc(-c5ccccc5)cn4)n3)cc2)c2sc3ccccc3c2n1.Clc1nc(-c2ccc(-c3nc(-c4cccc(-c5ccccc5)c4)cc(-c4cccc(-c5ccccc5)c4)n3)cc2)c2sc3ccccc3c2n1.Clc1nc(-c2ccc(-c3nc(-c4cccnc4)cc(-c4cc5ccccc5c5cccnc45)n3)cc2)c2sc3ccccc3c2n1. The molecule has 27 rings (SSSR count). The Morgan fingerprint density at radius 2 is 0.500 bits per heavy atom. The minimum Gasteiger partial charge on any atom is -0.264 e. The van der Waals surface area contributed by atoms with Crippen LogP contribution in [0.2, 0.25) is 15.9 Å². The molecule has 0 fully saturated rings. The lowest BCUT2D eigenvalue weighted by Gasteiger charge is -2.13. The molecule has 0 bridgehead atoms. The highest BCUT2D eigenvalue weighted by Gasteiger charge is 2.24. The lowest BCUT2D eigenvalue weighted by atomic mass is 9.98. The molecule has 0 saturated heterocycles. The number of aromatic nitrogens is 16. The van der Waals surface area contributed by atoms with Crippen LogP contribution in [0.5, 0.6) is 0 Å². The summed E-state index contributed by atoms with van der Waals surface area (Å²) in [7, 11) is 0. The largest absolute Gasteiger partial charge is 0.264 e. The summed E-state index contributed by atoms with van der Waals surface area (Å²) < 4.78 is 6.47. The standard InChI is InChI=1S/C44H27ClN4S.C42H25ClN6S.C38H21ClN6S/c45-44-48-40(42-41(49-44)36-19-7-8-20-39(36)50-42)30-21-23-31(24-22-30)43-46-37(34-17-9-15-32(25-34)28-11-3-1-4-12-28)27-38(47-43)35-18-10-16-33(26-35)29-13-5-2-6-14-29;43-42-48-38(40-39(49-42)32-13-7-8-14-37(32)50-40)28-15-17-29(18-16-28)41-46-35(33-21-19-30(24-44-33)26-9-3-1-4-10-26)23-36(47-41)34-22-20-31(25-45-34)27-11-5-2-6-12-27;39-38-44-33(36-35(45-38)28-10-3-4-12-32(28)46-36)22-13-15-23(16-14-22)37-42-30(25-8-5-17-40-21-25)20-31(43-37)29-19-24-7-1-2-9-26(24)27-11-6-18-41-34(27)29/h1-27H;1-25H;1-21H. The molecular formula is C124H73Cl3N16S3. The number of fused-ring (bicyclic) bond motifs is 12. The first-order chi connectivity index (χ1) is 72.0. The first-order valence-corrected chi connectivity index (χ1v) is 50.7. The fraction of sp³-hybridized carbons (Fsp3) is 0. The summed E-state index contributed by atoms with van der Waals surface area (Å²) >= 11 is 24.4. The highest BCUT2D eigenvalue weighted by Crippen LogP contribution is 2.46. The Morgan fingerprint density at radius 3 is 0.911 bits per heavy atom. The van der Waals surface area contributed by atoms with Gasteiger partial charge in [-0.25, -0.2) is 59.8 Å². The molecule has 0 unspecified atom stereocenters. The molecule has 0 aliphatic carbocycles. The topological polar surface area (TPSA) is 206 Å². The van der Waals surface area contributed by atoms with E-state index in [1.54, 1.807) is 40.2 Å². The maximum atomic E-state index is 6.47. The predicted octanol–water partition coefficient (Wildman–Crippen LogP) is 33.4. The average molecular weight is 1990 g/mol. The van der Waals surface area contributed by atoms with Crippen LogP contribution in [0.4, 0.5) is 0 Å². The van der Waals surface area contributed by atoms with E-state index in [2.05, 4.69) is 271 Å². The fourth-order valence-corrected chi connectivity index (χ4v) is 22.5. The molecule has 0 saturated carbocycles. The molecule has 146 heavy (non-hydrogen) atoms. The molecule has 0 spiro atoms. The van der Waals surface area contributed by atoms with E-state index >= 15 is 0 Å². The summed E-state index contributed by atoms with van der Waals surface area (Å²) in [5.41, 5.74) is 30.4. The predicted molar refractivity (Wildman–Crippen MR) is 600 cm³/mol. The van der Waals surface area contributed by atoms with Crippen molar-refractivity contribution >= 4 is 151 Å². The normalized spacial score (nSPS) is 11.4. The number of thiophene rings is 3. The van der Waals surface area contributed by atoms with Crippen molar-refractivity contribution in [3.05, 3.63) is 459 Å². The Balaban J connectivity index is 0.000000114. The molecule has 22 heteroatoms. The van der Waals surface area contributed by atoms with E-state index in [-0.39, 0.29) is 15.9 Å². The lowest BCUT2D eigenvalue weighted by molar-refractivity contribution is 1.15. The van der Waals surface area contributed by atoms with Gasteiger partial charge in [-0.15, -0.1) is 34.0 Å². The van der Waals surface area contributed by atoms with Crippen molar-refractivity contribution in [3.63, 3.8) is 0 Å². The minimum absolute atomic E-state index is 0.220. The molecule has 0 N–H and O–H groups in total. The highest BCUT2D eigenvalue weighted by molar-refractivity contribution is 7.27. The molecule has 0 atom stereocenters. The van der Waals surface area contributed by atoms with Gasteiger partial charge in [0.25, 0.3) is 0 Å². The highest BCUT2D eigenvalue weighted by atomic mass is 35.5. The lowest BCUT2D eigenvalue weighted by Crippen LogP contribution is -1.98. The fourth-order valence-electron chi connectivity index (χ4n) is 18.5.